The number of hydrogen-bond acceptors (Lipinski definition) is 2. The molecule has 2 heteroatoms. The Morgan fingerprint density at radius 1 is 1.33 bits per heavy atom. The van der Waals surface area contributed by atoms with Crippen molar-refractivity contribution in [2.24, 2.45) is 17.8 Å². The molecule has 1 N–H and O–H groups in total. The lowest BCUT2D eigenvalue weighted by atomic mass is 9.78. The molecule has 3 atom stereocenters. The van der Waals surface area contributed by atoms with Crippen molar-refractivity contribution in [3.05, 3.63) is 0 Å². The van der Waals surface area contributed by atoms with E-state index in [1.165, 1.54) is 19.3 Å². The van der Waals surface area contributed by atoms with Gasteiger partial charge in [0.05, 0.1) is 0 Å². The molecular formula is C13H23NO. The number of carbonyl (C=O) groups excluding carboxylic acids is 1. The van der Waals surface area contributed by atoms with Crippen molar-refractivity contribution >= 4 is 5.78 Å². The lowest BCUT2D eigenvalue weighted by molar-refractivity contribution is -0.125. The van der Waals surface area contributed by atoms with E-state index in [1.54, 1.807) is 0 Å². The van der Waals surface area contributed by atoms with E-state index in [9.17, 15) is 4.79 Å². The third kappa shape index (κ3) is 3.04. The van der Waals surface area contributed by atoms with Crippen molar-refractivity contribution < 1.29 is 4.79 Å². The first-order valence-electron chi connectivity index (χ1n) is 6.49. The number of rotatable bonds is 3. The highest BCUT2D eigenvalue weighted by molar-refractivity contribution is 5.81. The maximum absolute atomic E-state index is 12.1. The number of nitrogens with one attached hydrogen (secondary N) is 1. The molecule has 1 heterocycles. The summed E-state index contributed by atoms with van der Waals surface area (Å²) < 4.78 is 0. The van der Waals surface area contributed by atoms with Crippen LogP contribution in [0.2, 0.25) is 0 Å². The quantitative estimate of drug-likeness (QED) is 0.773. The first kappa shape index (κ1) is 11.1. The number of Topliss-reactive ketones (excluding diaryl/α,β-unsaturated/α-hetero) is 1. The van der Waals surface area contributed by atoms with Crippen LogP contribution in [0.4, 0.5) is 0 Å². The van der Waals surface area contributed by atoms with Crippen LogP contribution in [-0.4, -0.2) is 18.9 Å². The Bertz CT molecular complexity index is 221. The third-order valence-electron chi connectivity index (χ3n) is 4.04. The summed E-state index contributed by atoms with van der Waals surface area (Å²) in [5, 5.41) is 3.34. The summed E-state index contributed by atoms with van der Waals surface area (Å²) in [4.78, 5) is 12.1. The van der Waals surface area contributed by atoms with E-state index >= 15 is 0 Å². The van der Waals surface area contributed by atoms with Crippen LogP contribution in [0.3, 0.4) is 0 Å². The Hall–Kier alpha value is -0.370. The molecule has 0 bridgehead atoms. The predicted octanol–water partition coefficient (Wildman–Crippen LogP) is 2.38. The van der Waals surface area contributed by atoms with E-state index in [0.717, 1.165) is 38.3 Å². The van der Waals surface area contributed by atoms with Gasteiger partial charge in [0.1, 0.15) is 5.78 Å². The van der Waals surface area contributed by atoms with Gasteiger partial charge in [0.15, 0.2) is 0 Å². The molecule has 2 fully saturated rings. The molecule has 0 aromatic rings. The summed E-state index contributed by atoms with van der Waals surface area (Å²) in [6, 6.07) is 0. The van der Waals surface area contributed by atoms with Crippen LogP contribution in [0.25, 0.3) is 0 Å². The molecule has 1 aliphatic carbocycles. The maximum atomic E-state index is 12.1. The fourth-order valence-electron chi connectivity index (χ4n) is 3.07. The zero-order valence-corrected chi connectivity index (χ0v) is 9.80. The number of carbonyl (C=O) groups is 1. The van der Waals surface area contributed by atoms with E-state index < -0.39 is 0 Å². The van der Waals surface area contributed by atoms with Crippen molar-refractivity contribution in [1.82, 2.24) is 5.32 Å². The van der Waals surface area contributed by atoms with Crippen LogP contribution in [0.1, 0.15) is 45.4 Å². The second-order valence-corrected chi connectivity index (χ2v) is 5.50. The van der Waals surface area contributed by atoms with Crippen LogP contribution in [0, 0.1) is 17.8 Å². The SMILES string of the molecule is CC1CCCC(C(=O)CC2CCNC2)C1. The molecule has 15 heavy (non-hydrogen) atoms. The highest BCUT2D eigenvalue weighted by Gasteiger charge is 2.27. The van der Waals surface area contributed by atoms with Gasteiger partial charge in [-0.2, -0.15) is 0 Å². The standard InChI is InChI=1S/C13H23NO/c1-10-3-2-4-12(7-10)13(15)8-11-5-6-14-9-11/h10-12,14H,2-9H2,1H3. The topological polar surface area (TPSA) is 29.1 Å². The van der Waals surface area contributed by atoms with Crippen LogP contribution >= 0.6 is 0 Å². The first-order valence-corrected chi connectivity index (χ1v) is 6.49. The van der Waals surface area contributed by atoms with E-state index in [1.807, 2.05) is 0 Å². The Labute approximate surface area is 92.8 Å². The zero-order chi connectivity index (χ0) is 10.7. The van der Waals surface area contributed by atoms with Gasteiger partial charge in [-0.1, -0.05) is 19.8 Å². The summed E-state index contributed by atoms with van der Waals surface area (Å²) in [6.45, 7) is 4.46. The highest BCUT2D eigenvalue weighted by Crippen LogP contribution is 2.31. The summed E-state index contributed by atoms with van der Waals surface area (Å²) >= 11 is 0. The molecule has 86 valence electrons. The molecule has 3 unspecified atom stereocenters. The van der Waals surface area contributed by atoms with Crippen LogP contribution in [-0.2, 0) is 4.79 Å². The van der Waals surface area contributed by atoms with Crippen LogP contribution in [0.5, 0.6) is 0 Å². The molecule has 1 saturated heterocycles. The minimum Gasteiger partial charge on any atom is -0.316 e. The van der Waals surface area contributed by atoms with Gasteiger partial charge < -0.3 is 5.32 Å². The van der Waals surface area contributed by atoms with Crippen LogP contribution < -0.4 is 5.32 Å². The molecule has 0 radical (unpaired) electrons. The lowest BCUT2D eigenvalue weighted by Gasteiger charge is -2.26. The molecule has 1 saturated carbocycles. The second kappa shape index (κ2) is 5.11. The van der Waals surface area contributed by atoms with Gasteiger partial charge in [0.25, 0.3) is 0 Å². The molecule has 0 aromatic carbocycles. The Balaban J connectivity index is 1.78. The average Bonchev–Trinajstić information content (AvgIpc) is 2.70. The first-order chi connectivity index (χ1) is 7.25. The third-order valence-corrected chi connectivity index (χ3v) is 4.04. The van der Waals surface area contributed by atoms with E-state index in [4.69, 9.17) is 0 Å². The highest BCUT2D eigenvalue weighted by atomic mass is 16.1. The second-order valence-electron chi connectivity index (χ2n) is 5.50. The van der Waals surface area contributed by atoms with Gasteiger partial charge in [-0.3, -0.25) is 4.79 Å². The molecule has 2 rings (SSSR count). The molecule has 1 aliphatic heterocycles. The summed E-state index contributed by atoms with van der Waals surface area (Å²) in [5.74, 6) is 2.36. The summed E-state index contributed by atoms with van der Waals surface area (Å²) in [7, 11) is 0. The maximum Gasteiger partial charge on any atom is 0.136 e. The average molecular weight is 209 g/mol. The fourth-order valence-corrected chi connectivity index (χ4v) is 3.07. The number of hydrogen-bond donors (Lipinski definition) is 1. The molecule has 2 aliphatic rings. The lowest BCUT2D eigenvalue weighted by Crippen LogP contribution is -2.24. The smallest absolute Gasteiger partial charge is 0.136 e. The number of ketones is 1. The fraction of sp³-hybridized carbons (Fsp3) is 0.923. The molecular weight excluding hydrogens is 186 g/mol. The summed E-state index contributed by atoms with van der Waals surface area (Å²) in [5.41, 5.74) is 0. The van der Waals surface area contributed by atoms with Gasteiger partial charge in [-0.15, -0.1) is 0 Å². The molecule has 0 spiro atoms. The van der Waals surface area contributed by atoms with Crippen molar-refractivity contribution in [3.8, 4) is 0 Å². The molecule has 2 nitrogen and oxygen atoms in total. The van der Waals surface area contributed by atoms with Gasteiger partial charge in [0.2, 0.25) is 0 Å². The van der Waals surface area contributed by atoms with Crippen molar-refractivity contribution in [1.29, 1.82) is 0 Å². The molecule has 0 aromatic heterocycles. The van der Waals surface area contributed by atoms with Crippen molar-refractivity contribution in [3.63, 3.8) is 0 Å². The van der Waals surface area contributed by atoms with Crippen molar-refractivity contribution in [2.75, 3.05) is 13.1 Å². The Morgan fingerprint density at radius 2 is 2.20 bits per heavy atom. The normalized spacial score (nSPS) is 36.7. The largest absolute Gasteiger partial charge is 0.316 e. The molecule has 0 amide bonds. The Kier molecular flexibility index (Phi) is 3.79. The van der Waals surface area contributed by atoms with Gasteiger partial charge in [-0.25, -0.2) is 0 Å². The van der Waals surface area contributed by atoms with Gasteiger partial charge in [-0.05, 0) is 44.2 Å². The monoisotopic (exact) mass is 209 g/mol. The van der Waals surface area contributed by atoms with Crippen molar-refractivity contribution in [2.45, 2.75) is 45.4 Å². The predicted molar refractivity (Wildman–Crippen MR) is 61.7 cm³/mol. The summed E-state index contributed by atoms with van der Waals surface area (Å²) in [6.07, 6.45) is 6.94. The van der Waals surface area contributed by atoms with E-state index in [-0.39, 0.29) is 0 Å². The van der Waals surface area contributed by atoms with Gasteiger partial charge >= 0.3 is 0 Å². The Morgan fingerprint density at radius 3 is 2.87 bits per heavy atom. The minimum atomic E-state index is 0.398. The van der Waals surface area contributed by atoms with Crippen LogP contribution in [0.15, 0.2) is 0 Å². The van der Waals surface area contributed by atoms with E-state index in [2.05, 4.69) is 12.2 Å². The minimum absolute atomic E-state index is 0.398. The van der Waals surface area contributed by atoms with E-state index in [0.29, 0.717) is 17.6 Å². The van der Waals surface area contributed by atoms with Gasteiger partial charge in [0, 0.05) is 12.3 Å². The zero-order valence-electron chi connectivity index (χ0n) is 9.80.